The summed E-state index contributed by atoms with van der Waals surface area (Å²) in [5, 5.41) is 17.6. The van der Waals surface area contributed by atoms with E-state index in [4.69, 9.17) is 0 Å². The number of anilines is 1. The van der Waals surface area contributed by atoms with Gasteiger partial charge < -0.3 is 19.8 Å². The largest absolute Gasteiger partial charge is 0.506 e. The van der Waals surface area contributed by atoms with Crippen LogP contribution in [0.5, 0.6) is 5.75 Å². The Balaban J connectivity index is 1.48. The van der Waals surface area contributed by atoms with Crippen molar-refractivity contribution in [2.75, 3.05) is 5.32 Å². The summed E-state index contributed by atoms with van der Waals surface area (Å²) in [4.78, 5) is 29.3. The molecule has 0 unspecified atom stereocenters. The molecule has 0 radical (unpaired) electrons. The number of nitrogens with one attached hydrogen (secondary N) is 1. The molecule has 36 heavy (non-hydrogen) atoms. The summed E-state index contributed by atoms with van der Waals surface area (Å²) in [6, 6.07) is 8.04. The monoisotopic (exact) mass is 510 g/mol. The van der Waals surface area contributed by atoms with Gasteiger partial charge in [0.05, 0.1) is 23.3 Å². The van der Waals surface area contributed by atoms with Crippen LogP contribution in [0.1, 0.15) is 36.8 Å². The maximum absolute atomic E-state index is 14.1. The van der Waals surface area contributed by atoms with E-state index in [-0.39, 0.29) is 39.5 Å². The van der Waals surface area contributed by atoms with E-state index in [0.29, 0.717) is 23.5 Å². The highest BCUT2D eigenvalue weighted by Crippen LogP contribution is 2.35. The fraction of sp³-hybridized carbons (Fsp3) is 0.250. The minimum Gasteiger partial charge on any atom is -0.506 e. The molecular formula is C24H19FN4O6S. The quantitative estimate of drug-likeness (QED) is 0.503. The van der Waals surface area contributed by atoms with Gasteiger partial charge >= 0.3 is 5.97 Å². The molecule has 3 aliphatic rings. The lowest BCUT2D eigenvalue weighted by atomic mass is 10.1. The Labute approximate surface area is 203 Å². The zero-order chi connectivity index (χ0) is 25.2. The van der Waals surface area contributed by atoms with Crippen molar-refractivity contribution in [2.24, 2.45) is 15.5 Å². The van der Waals surface area contributed by atoms with E-state index in [1.165, 1.54) is 28.8 Å². The number of hydrogen-bond donors (Lipinski definition) is 2. The Morgan fingerprint density at radius 1 is 1.17 bits per heavy atom. The molecule has 2 aromatic carbocycles. The predicted octanol–water partition coefficient (Wildman–Crippen LogP) is 2.86. The second-order valence-corrected chi connectivity index (χ2v) is 10.6. The zero-order valence-electron chi connectivity index (χ0n) is 18.7. The normalized spacial score (nSPS) is 18.3. The van der Waals surface area contributed by atoms with Crippen LogP contribution in [0.2, 0.25) is 0 Å². The molecule has 0 spiro atoms. The molecule has 184 valence electrons. The van der Waals surface area contributed by atoms with Crippen molar-refractivity contribution >= 4 is 44.1 Å². The molecule has 2 N–H and O–H groups in total. The second-order valence-electron chi connectivity index (χ2n) is 9.00. The van der Waals surface area contributed by atoms with Gasteiger partial charge in [-0.05, 0) is 42.7 Å². The van der Waals surface area contributed by atoms with Crippen molar-refractivity contribution in [3.8, 4) is 5.75 Å². The number of pyridine rings is 1. The van der Waals surface area contributed by atoms with Gasteiger partial charge in [-0.15, -0.1) is 4.40 Å². The van der Waals surface area contributed by atoms with Gasteiger partial charge in [0.2, 0.25) is 0 Å². The van der Waals surface area contributed by atoms with Crippen LogP contribution < -0.4 is 10.9 Å². The predicted molar refractivity (Wildman–Crippen MR) is 128 cm³/mol. The van der Waals surface area contributed by atoms with Crippen LogP contribution in [0.4, 0.5) is 10.1 Å². The number of carbonyl (C=O) groups is 1. The molecule has 0 amide bonds. The van der Waals surface area contributed by atoms with E-state index >= 15 is 0 Å². The molecule has 1 fully saturated rings. The van der Waals surface area contributed by atoms with E-state index < -0.39 is 33.1 Å². The number of oxime groups is 1. The first-order valence-electron chi connectivity index (χ1n) is 11.3. The lowest BCUT2D eigenvalue weighted by Crippen LogP contribution is -2.33. The molecule has 0 saturated heterocycles. The lowest BCUT2D eigenvalue weighted by molar-refractivity contribution is -0.140. The second kappa shape index (κ2) is 7.98. The molecule has 2 aliphatic heterocycles. The SMILES string of the molecule is O=C1CC(c2ccc3c(c2)S(=O)(=O)N=C(c2c(O)c4cc(F)ccc4n(CCC4CC4)c2=O)N3)=NO1. The Morgan fingerprint density at radius 2 is 1.97 bits per heavy atom. The van der Waals surface area contributed by atoms with Gasteiger partial charge in [0, 0.05) is 17.5 Å². The van der Waals surface area contributed by atoms with E-state index in [1.54, 1.807) is 6.07 Å². The number of carbonyl (C=O) groups excluding carboxylic acids is 1. The van der Waals surface area contributed by atoms with Crippen LogP contribution >= 0.6 is 0 Å². The smallest absolute Gasteiger partial charge is 0.341 e. The van der Waals surface area contributed by atoms with Crippen LogP contribution in [-0.4, -0.2) is 35.6 Å². The summed E-state index contributed by atoms with van der Waals surface area (Å²) in [6.07, 6.45) is 2.79. The molecule has 6 rings (SSSR count). The molecule has 3 heterocycles. The minimum absolute atomic E-state index is 0.0763. The Hall–Kier alpha value is -4.06. The van der Waals surface area contributed by atoms with Crippen molar-refractivity contribution in [2.45, 2.75) is 37.1 Å². The van der Waals surface area contributed by atoms with Crippen molar-refractivity contribution in [1.82, 2.24) is 4.57 Å². The topological polar surface area (TPSA) is 139 Å². The Morgan fingerprint density at radius 3 is 2.69 bits per heavy atom. The molecular weight excluding hydrogens is 491 g/mol. The lowest BCUT2D eigenvalue weighted by Gasteiger charge is -2.21. The maximum atomic E-state index is 14.1. The first-order valence-corrected chi connectivity index (χ1v) is 12.7. The molecule has 0 atom stereocenters. The van der Waals surface area contributed by atoms with E-state index in [1.807, 2.05) is 0 Å². The highest BCUT2D eigenvalue weighted by molar-refractivity contribution is 7.90. The van der Waals surface area contributed by atoms with E-state index in [2.05, 4.69) is 19.7 Å². The number of halogens is 1. The summed E-state index contributed by atoms with van der Waals surface area (Å²) >= 11 is 0. The minimum atomic E-state index is -4.32. The first-order chi connectivity index (χ1) is 17.2. The Bertz CT molecular complexity index is 1710. The summed E-state index contributed by atoms with van der Waals surface area (Å²) in [5.74, 6) is -1.58. The van der Waals surface area contributed by atoms with Crippen LogP contribution in [-0.2, 0) is 26.2 Å². The van der Waals surface area contributed by atoms with Gasteiger partial charge in [-0.3, -0.25) is 4.79 Å². The number of rotatable bonds is 5. The van der Waals surface area contributed by atoms with Crippen molar-refractivity contribution in [3.05, 3.63) is 63.7 Å². The van der Waals surface area contributed by atoms with Crippen LogP contribution in [0.3, 0.4) is 0 Å². The maximum Gasteiger partial charge on any atom is 0.341 e. The zero-order valence-corrected chi connectivity index (χ0v) is 19.5. The van der Waals surface area contributed by atoms with E-state index in [9.17, 15) is 27.5 Å². The molecule has 0 bridgehead atoms. The molecule has 10 nitrogen and oxygen atoms in total. The van der Waals surface area contributed by atoms with Gasteiger partial charge in [-0.1, -0.05) is 24.1 Å². The fourth-order valence-corrected chi connectivity index (χ4v) is 5.62. The first kappa shape index (κ1) is 22.4. The third-order valence-corrected chi connectivity index (χ3v) is 7.84. The highest BCUT2D eigenvalue weighted by Gasteiger charge is 2.32. The molecule has 1 saturated carbocycles. The van der Waals surface area contributed by atoms with Crippen molar-refractivity contribution < 1.29 is 27.5 Å². The highest BCUT2D eigenvalue weighted by atomic mass is 32.2. The number of fused-ring (bicyclic) bond motifs is 2. The van der Waals surface area contributed by atoms with Crippen molar-refractivity contribution in [3.63, 3.8) is 0 Å². The summed E-state index contributed by atoms with van der Waals surface area (Å²) in [6.45, 7) is 0.335. The van der Waals surface area contributed by atoms with Gasteiger partial charge in [-0.2, -0.15) is 8.42 Å². The van der Waals surface area contributed by atoms with Crippen LogP contribution in [0.25, 0.3) is 10.9 Å². The number of aromatic nitrogens is 1. The number of benzene rings is 2. The van der Waals surface area contributed by atoms with Gasteiger partial charge in [0.25, 0.3) is 15.6 Å². The summed E-state index contributed by atoms with van der Waals surface area (Å²) in [5.41, 5.74) is 0.126. The van der Waals surface area contributed by atoms with Crippen LogP contribution in [0, 0.1) is 11.7 Å². The van der Waals surface area contributed by atoms with Gasteiger partial charge in [0.15, 0.2) is 5.84 Å². The van der Waals surface area contributed by atoms with E-state index in [0.717, 1.165) is 25.3 Å². The number of aryl methyl sites for hydroxylation is 1. The number of amidine groups is 1. The summed E-state index contributed by atoms with van der Waals surface area (Å²) < 4.78 is 45.5. The Kier molecular flexibility index (Phi) is 4.97. The molecule has 3 aromatic rings. The number of sulfonamides is 1. The standard InChI is InChI=1S/C24H19FN4O6S/c25-14-4-6-18-15(10-14)22(31)21(24(32)29(18)8-7-12-1-2-12)23-26-16-5-3-13(17-11-20(30)35-27-17)9-19(16)36(33,34)28-23/h3-6,9-10,12,31H,1-2,7-8,11H2,(H,26,28). The molecule has 12 heteroatoms. The van der Waals surface area contributed by atoms with Gasteiger partial charge in [0.1, 0.15) is 22.0 Å². The average molecular weight is 511 g/mol. The third-order valence-electron chi connectivity index (χ3n) is 6.52. The molecule has 1 aliphatic carbocycles. The number of nitrogens with zero attached hydrogens (tertiary/aromatic N) is 3. The molecule has 1 aromatic heterocycles. The van der Waals surface area contributed by atoms with Gasteiger partial charge in [-0.25, -0.2) is 9.18 Å². The summed E-state index contributed by atoms with van der Waals surface area (Å²) in [7, 11) is -4.32. The fourth-order valence-electron chi connectivity index (χ4n) is 4.48. The number of hydrogen-bond acceptors (Lipinski definition) is 8. The van der Waals surface area contributed by atoms with Crippen LogP contribution in [0.15, 0.2) is 55.6 Å². The average Bonchev–Trinajstić information content (AvgIpc) is 3.56. The van der Waals surface area contributed by atoms with Crippen molar-refractivity contribution in [1.29, 1.82) is 0 Å². The number of aromatic hydroxyl groups is 1. The third kappa shape index (κ3) is 3.73.